The monoisotopic (exact) mass is 233 g/mol. The lowest BCUT2D eigenvalue weighted by atomic mass is 9.70. The van der Waals surface area contributed by atoms with Crippen LogP contribution >= 0.6 is 0 Å². The smallest absolute Gasteiger partial charge is 0.153 e. The van der Waals surface area contributed by atoms with E-state index in [0.717, 1.165) is 6.54 Å². The molecule has 0 heterocycles. The molecule has 4 heteroatoms. The molecule has 15 heavy (non-hydrogen) atoms. The standard InChI is InChI=1S/C11H23NO2S/c1-10(2,15(4,13)14)8-12-9-11(3)6-5-7-11/h12H,5-9H2,1-4H3. The van der Waals surface area contributed by atoms with Crippen molar-refractivity contribution < 1.29 is 8.42 Å². The van der Waals surface area contributed by atoms with Crippen molar-refractivity contribution in [3.05, 3.63) is 0 Å². The lowest BCUT2D eigenvalue weighted by Gasteiger charge is -2.39. The number of nitrogens with one attached hydrogen (secondary N) is 1. The van der Waals surface area contributed by atoms with Crippen LogP contribution in [-0.2, 0) is 9.84 Å². The lowest BCUT2D eigenvalue weighted by Crippen LogP contribution is -2.46. The Morgan fingerprint density at radius 2 is 1.87 bits per heavy atom. The number of hydrogen-bond donors (Lipinski definition) is 1. The van der Waals surface area contributed by atoms with Gasteiger partial charge in [-0.05, 0) is 32.1 Å². The van der Waals surface area contributed by atoms with Gasteiger partial charge in [-0.25, -0.2) is 8.42 Å². The molecule has 0 aromatic heterocycles. The summed E-state index contributed by atoms with van der Waals surface area (Å²) in [6.07, 6.45) is 5.14. The second kappa shape index (κ2) is 4.06. The van der Waals surface area contributed by atoms with Crippen LogP contribution in [0.3, 0.4) is 0 Å². The van der Waals surface area contributed by atoms with Gasteiger partial charge in [0.25, 0.3) is 0 Å². The zero-order chi connectivity index (χ0) is 11.7. The van der Waals surface area contributed by atoms with Gasteiger partial charge in [0.15, 0.2) is 9.84 Å². The Kier molecular flexibility index (Phi) is 3.51. The maximum atomic E-state index is 11.5. The minimum atomic E-state index is -2.97. The Balaban J connectivity index is 2.37. The zero-order valence-corrected chi connectivity index (χ0v) is 11.1. The fraction of sp³-hybridized carbons (Fsp3) is 1.00. The largest absolute Gasteiger partial charge is 0.315 e. The van der Waals surface area contributed by atoms with Crippen molar-refractivity contribution in [2.24, 2.45) is 5.41 Å². The third-order valence-electron chi connectivity index (χ3n) is 3.67. The molecular formula is C11H23NO2S. The van der Waals surface area contributed by atoms with Crippen molar-refractivity contribution in [2.75, 3.05) is 19.3 Å². The molecule has 0 bridgehead atoms. The molecule has 0 radical (unpaired) electrons. The number of rotatable bonds is 5. The highest BCUT2D eigenvalue weighted by molar-refractivity contribution is 7.92. The fourth-order valence-electron chi connectivity index (χ4n) is 1.75. The molecule has 0 aliphatic heterocycles. The molecule has 3 nitrogen and oxygen atoms in total. The SMILES string of the molecule is CC1(CNCC(C)(C)S(C)(=O)=O)CCC1. The molecule has 1 aliphatic rings. The van der Waals surface area contributed by atoms with Crippen LogP contribution in [0.15, 0.2) is 0 Å². The summed E-state index contributed by atoms with van der Waals surface area (Å²) in [5, 5.41) is 3.30. The van der Waals surface area contributed by atoms with Crippen molar-refractivity contribution in [2.45, 2.75) is 44.8 Å². The molecule has 0 aromatic rings. The van der Waals surface area contributed by atoms with Crippen LogP contribution in [0.5, 0.6) is 0 Å². The average molecular weight is 233 g/mol. The summed E-state index contributed by atoms with van der Waals surface area (Å²) >= 11 is 0. The van der Waals surface area contributed by atoms with Gasteiger partial charge in [0.1, 0.15) is 0 Å². The van der Waals surface area contributed by atoms with E-state index in [-0.39, 0.29) is 0 Å². The Labute approximate surface area is 93.6 Å². The van der Waals surface area contributed by atoms with Gasteiger partial charge in [-0.15, -0.1) is 0 Å². The van der Waals surface area contributed by atoms with E-state index in [1.165, 1.54) is 25.5 Å². The van der Waals surface area contributed by atoms with E-state index in [1.54, 1.807) is 13.8 Å². The Morgan fingerprint density at radius 1 is 1.33 bits per heavy atom. The molecule has 90 valence electrons. The summed E-state index contributed by atoms with van der Waals surface area (Å²) < 4.78 is 22.2. The molecule has 1 rings (SSSR count). The first-order chi connectivity index (χ1) is 6.66. The van der Waals surface area contributed by atoms with E-state index in [0.29, 0.717) is 12.0 Å². The van der Waals surface area contributed by atoms with Gasteiger partial charge in [0.2, 0.25) is 0 Å². The summed E-state index contributed by atoms with van der Waals surface area (Å²) in [6.45, 7) is 7.29. The minimum Gasteiger partial charge on any atom is -0.315 e. The Morgan fingerprint density at radius 3 is 2.20 bits per heavy atom. The van der Waals surface area contributed by atoms with Gasteiger partial charge in [0, 0.05) is 19.3 Å². The van der Waals surface area contributed by atoms with E-state index in [1.807, 2.05) is 0 Å². The first kappa shape index (κ1) is 13.0. The number of sulfone groups is 1. The summed E-state index contributed by atoms with van der Waals surface area (Å²) in [7, 11) is -2.97. The molecule has 1 fully saturated rings. The van der Waals surface area contributed by atoms with Gasteiger partial charge < -0.3 is 5.32 Å². The van der Waals surface area contributed by atoms with E-state index in [9.17, 15) is 8.42 Å². The van der Waals surface area contributed by atoms with Crippen LogP contribution in [0.4, 0.5) is 0 Å². The van der Waals surface area contributed by atoms with Crippen LogP contribution in [0.2, 0.25) is 0 Å². The normalized spacial score (nSPS) is 21.1. The average Bonchev–Trinajstić information content (AvgIpc) is 1.98. The Bertz CT molecular complexity index is 315. The quantitative estimate of drug-likeness (QED) is 0.784. The van der Waals surface area contributed by atoms with Crippen molar-refractivity contribution in [3.63, 3.8) is 0 Å². The third-order valence-corrected chi connectivity index (χ3v) is 5.82. The van der Waals surface area contributed by atoms with Gasteiger partial charge in [-0.2, -0.15) is 0 Å². The maximum Gasteiger partial charge on any atom is 0.153 e. The third kappa shape index (κ3) is 3.18. The summed E-state index contributed by atoms with van der Waals surface area (Å²) in [4.78, 5) is 0. The van der Waals surface area contributed by atoms with Crippen molar-refractivity contribution in [1.29, 1.82) is 0 Å². The van der Waals surface area contributed by atoms with Crippen LogP contribution in [0.25, 0.3) is 0 Å². The molecule has 1 saturated carbocycles. The first-order valence-electron chi connectivity index (χ1n) is 5.57. The second-order valence-electron chi connectivity index (χ2n) is 5.80. The van der Waals surface area contributed by atoms with Crippen LogP contribution in [0.1, 0.15) is 40.0 Å². The van der Waals surface area contributed by atoms with E-state index in [4.69, 9.17) is 0 Å². The molecular weight excluding hydrogens is 210 g/mol. The number of hydrogen-bond acceptors (Lipinski definition) is 3. The summed E-state index contributed by atoms with van der Waals surface area (Å²) in [5.41, 5.74) is 0.410. The highest BCUT2D eigenvalue weighted by Crippen LogP contribution is 2.39. The highest BCUT2D eigenvalue weighted by Gasteiger charge is 2.34. The highest BCUT2D eigenvalue weighted by atomic mass is 32.2. The van der Waals surface area contributed by atoms with Crippen molar-refractivity contribution in [3.8, 4) is 0 Å². The molecule has 1 N–H and O–H groups in total. The van der Waals surface area contributed by atoms with E-state index < -0.39 is 14.6 Å². The predicted molar refractivity (Wildman–Crippen MR) is 63.8 cm³/mol. The van der Waals surface area contributed by atoms with Crippen LogP contribution in [0, 0.1) is 5.41 Å². The predicted octanol–water partition coefficient (Wildman–Crippen LogP) is 1.59. The van der Waals surface area contributed by atoms with Gasteiger partial charge in [-0.1, -0.05) is 13.3 Å². The first-order valence-corrected chi connectivity index (χ1v) is 7.46. The van der Waals surface area contributed by atoms with Crippen molar-refractivity contribution in [1.82, 2.24) is 5.32 Å². The minimum absolute atomic E-state index is 0.410. The zero-order valence-electron chi connectivity index (χ0n) is 10.3. The maximum absolute atomic E-state index is 11.5. The van der Waals surface area contributed by atoms with Gasteiger partial charge in [0.05, 0.1) is 4.75 Å². The molecule has 1 aliphatic carbocycles. The fourth-order valence-corrected chi connectivity index (χ4v) is 2.12. The van der Waals surface area contributed by atoms with E-state index in [2.05, 4.69) is 12.2 Å². The molecule has 0 saturated heterocycles. The van der Waals surface area contributed by atoms with Crippen LogP contribution < -0.4 is 5.32 Å². The molecule has 0 amide bonds. The molecule has 0 unspecified atom stereocenters. The van der Waals surface area contributed by atoms with E-state index >= 15 is 0 Å². The van der Waals surface area contributed by atoms with Gasteiger partial charge in [-0.3, -0.25) is 0 Å². The lowest BCUT2D eigenvalue weighted by molar-refractivity contribution is 0.156. The Hall–Kier alpha value is -0.0900. The summed E-state index contributed by atoms with van der Waals surface area (Å²) in [6, 6.07) is 0. The van der Waals surface area contributed by atoms with Crippen LogP contribution in [-0.4, -0.2) is 32.5 Å². The second-order valence-corrected chi connectivity index (χ2v) is 8.45. The van der Waals surface area contributed by atoms with Crippen molar-refractivity contribution >= 4 is 9.84 Å². The summed E-state index contributed by atoms with van der Waals surface area (Å²) in [5.74, 6) is 0. The molecule has 0 spiro atoms. The van der Waals surface area contributed by atoms with Gasteiger partial charge >= 0.3 is 0 Å². The molecule has 0 aromatic carbocycles. The topological polar surface area (TPSA) is 46.2 Å². The molecule has 0 atom stereocenters.